The van der Waals surface area contributed by atoms with Gasteiger partial charge in [-0.15, -0.1) is 0 Å². The Kier molecular flexibility index (Phi) is 5.48. The number of rotatable bonds is 5. The van der Waals surface area contributed by atoms with Crippen LogP contribution in [0.2, 0.25) is 0 Å². The molecule has 3 aromatic rings. The largest absolute Gasteiger partial charge is 0.497 e. The molecule has 1 aliphatic heterocycles. The van der Waals surface area contributed by atoms with Gasteiger partial charge in [-0.1, -0.05) is 18.6 Å². The molecule has 1 aromatic heterocycles. The van der Waals surface area contributed by atoms with Crippen LogP contribution in [0.5, 0.6) is 5.75 Å². The third-order valence-corrected chi connectivity index (χ3v) is 5.07. The van der Waals surface area contributed by atoms with E-state index in [0.717, 1.165) is 29.9 Å². The van der Waals surface area contributed by atoms with Crippen molar-refractivity contribution in [2.75, 3.05) is 20.2 Å². The number of hydrogen-bond acceptors (Lipinski definition) is 5. The van der Waals surface area contributed by atoms with Gasteiger partial charge >= 0.3 is 0 Å². The molecule has 0 saturated carbocycles. The minimum atomic E-state index is -0.137. The quantitative estimate of drug-likeness (QED) is 0.641. The van der Waals surface area contributed by atoms with E-state index < -0.39 is 0 Å². The maximum Gasteiger partial charge on any atom is 0.282 e. The summed E-state index contributed by atoms with van der Waals surface area (Å²) >= 11 is 0. The van der Waals surface area contributed by atoms with Crippen molar-refractivity contribution in [1.29, 1.82) is 0 Å². The molecule has 6 heteroatoms. The van der Waals surface area contributed by atoms with E-state index in [2.05, 4.69) is 10.0 Å². The van der Waals surface area contributed by atoms with Crippen LogP contribution in [0.25, 0.3) is 10.9 Å². The van der Waals surface area contributed by atoms with Crippen LogP contribution in [-0.2, 0) is 6.54 Å². The Morgan fingerprint density at radius 3 is 2.57 bits per heavy atom. The van der Waals surface area contributed by atoms with E-state index in [0.29, 0.717) is 17.8 Å². The molecule has 1 saturated heterocycles. The molecule has 0 atom stereocenters. The Bertz CT molecular complexity index is 1030. The third kappa shape index (κ3) is 3.97. The Balaban J connectivity index is 1.72. The molecule has 0 radical (unpaired) electrons. The monoisotopic (exact) mass is 376 g/mol. The zero-order valence-corrected chi connectivity index (χ0v) is 16.0. The molecule has 4 rings (SSSR count). The van der Waals surface area contributed by atoms with Crippen LogP contribution in [0.3, 0.4) is 0 Å². The van der Waals surface area contributed by atoms with Gasteiger partial charge in [-0.3, -0.25) is 9.69 Å². The average molecular weight is 376 g/mol. The van der Waals surface area contributed by atoms with E-state index in [9.17, 15) is 4.79 Å². The minimum Gasteiger partial charge on any atom is -0.497 e. The fourth-order valence-electron chi connectivity index (χ4n) is 3.52. The topological polar surface area (TPSA) is 59.7 Å². The minimum absolute atomic E-state index is 0.137. The molecule has 0 aliphatic carbocycles. The molecular formula is C22H24N4O2. The molecular weight excluding hydrogens is 352 g/mol. The summed E-state index contributed by atoms with van der Waals surface area (Å²) in [6.45, 7) is 2.69. The Hall–Kier alpha value is -2.99. The van der Waals surface area contributed by atoms with E-state index in [4.69, 9.17) is 9.72 Å². The molecule has 2 heterocycles. The van der Waals surface area contributed by atoms with E-state index in [1.165, 1.54) is 23.9 Å². The molecule has 144 valence electrons. The Labute approximate surface area is 164 Å². The number of methoxy groups -OCH3 is 1. The molecule has 6 nitrogen and oxygen atoms in total. The van der Waals surface area contributed by atoms with Crippen molar-refractivity contribution < 1.29 is 4.74 Å². The number of para-hydroxylation sites is 1. The number of aromatic nitrogens is 2. The molecule has 1 fully saturated rings. The highest BCUT2D eigenvalue weighted by atomic mass is 16.5. The second-order valence-corrected chi connectivity index (χ2v) is 7.02. The van der Waals surface area contributed by atoms with Crippen molar-refractivity contribution >= 4 is 17.1 Å². The van der Waals surface area contributed by atoms with Crippen molar-refractivity contribution in [3.05, 3.63) is 70.3 Å². The van der Waals surface area contributed by atoms with Gasteiger partial charge < -0.3 is 4.74 Å². The van der Waals surface area contributed by atoms with Gasteiger partial charge in [-0.2, -0.15) is 9.78 Å². The van der Waals surface area contributed by atoms with Crippen molar-refractivity contribution in [2.24, 2.45) is 5.10 Å². The van der Waals surface area contributed by atoms with E-state index in [1.807, 2.05) is 42.5 Å². The van der Waals surface area contributed by atoms with Crippen LogP contribution in [0.1, 0.15) is 30.7 Å². The molecule has 1 aliphatic rings. The normalized spacial score (nSPS) is 15.3. The SMILES string of the molecule is COc1ccc(/C=N/n2c(CN3CCCCC3)nc3ccccc3c2=O)cc1. The highest BCUT2D eigenvalue weighted by Crippen LogP contribution is 2.14. The summed E-state index contributed by atoms with van der Waals surface area (Å²) in [6.07, 6.45) is 5.33. The van der Waals surface area contributed by atoms with E-state index in [1.54, 1.807) is 19.4 Å². The number of nitrogens with zero attached hydrogens (tertiary/aromatic N) is 4. The second-order valence-electron chi connectivity index (χ2n) is 7.02. The van der Waals surface area contributed by atoms with Crippen LogP contribution in [0.4, 0.5) is 0 Å². The van der Waals surface area contributed by atoms with Crippen molar-refractivity contribution in [1.82, 2.24) is 14.6 Å². The average Bonchev–Trinajstić information content (AvgIpc) is 2.75. The van der Waals surface area contributed by atoms with Crippen molar-refractivity contribution in [3.63, 3.8) is 0 Å². The van der Waals surface area contributed by atoms with Gasteiger partial charge in [0.05, 0.1) is 30.8 Å². The van der Waals surface area contributed by atoms with Crippen molar-refractivity contribution in [2.45, 2.75) is 25.8 Å². The fraction of sp³-hybridized carbons (Fsp3) is 0.318. The van der Waals surface area contributed by atoms with Crippen LogP contribution in [0, 0.1) is 0 Å². The zero-order valence-electron chi connectivity index (χ0n) is 16.0. The molecule has 0 bridgehead atoms. The summed E-state index contributed by atoms with van der Waals surface area (Å²) in [5.74, 6) is 1.46. The maximum atomic E-state index is 13.1. The highest BCUT2D eigenvalue weighted by Gasteiger charge is 2.16. The maximum absolute atomic E-state index is 13.1. The number of ether oxygens (including phenoxy) is 1. The van der Waals surface area contributed by atoms with Gasteiger partial charge in [0.2, 0.25) is 0 Å². The zero-order chi connectivity index (χ0) is 19.3. The lowest BCUT2D eigenvalue weighted by Crippen LogP contribution is -2.33. The van der Waals surface area contributed by atoms with Gasteiger partial charge in [0.25, 0.3) is 5.56 Å². The first-order chi connectivity index (χ1) is 13.7. The molecule has 2 aromatic carbocycles. The summed E-state index contributed by atoms with van der Waals surface area (Å²) in [5, 5.41) is 5.08. The lowest BCUT2D eigenvalue weighted by Gasteiger charge is -2.26. The van der Waals surface area contributed by atoms with Gasteiger partial charge in [-0.05, 0) is 67.9 Å². The first-order valence-electron chi connectivity index (χ1n) is 9.66. The summed E-state index contributed by atoms with van der Waals surface area (Å²) in [5.41, 5.74) is 1.47. The highest BCUT2D eigenvalue weighted by molar-refractivity contribution is 5.80. The molecule has 0 amide bonds. The van der Waals surface area contributed by atoms with Crippen LogP contribution in [-0.4, -0.2) is 41.0 Å². The summed E-state index contributed by atoms with van der Waals surface area (Å²) < 4.78 is 6.63. The summed E-state index contributed by atoms with van der Waals surface area (Å²) in [4.78, 5) is 20.2. The Morgan fingerprint density at radius 2 is 1.82 bits per heavy atom. The van der Waals surface area contributed by atoms with Gasteiger partial charge in [0.1, 0.15) is 11.6 Å². The fourth-order valence-corrected chi connectivity index (χ4v) is 3.52. The molecule has 0 N–H and O–H groups in total. The molecule has 28 heavy (non-hydrogen) atoms. The summed E-state index contributed by atoms with van der Waals surface area (Å²) in [7, 11) is 1.64. The van der Waals surface area contributed by atoms with E-state index >= 15 is 0 Å². The van der Waals surface area contributed by atoms with Gasteiger partial charge in [0.15, 0.2) is 0 Å². The summed E-state index contributed by atoms with van der Waals surface area (Å²) in [6, 6.07) is 15.0. The van der Waals surface area contributed by atoms with Crippen molar-refractivity contribution in [3.8, 4) is 5.75 Å². The van der Waals surface area contributed by atoms with Crippen LogP contribution >= 0.6 is 0 Å². The predicted molar refractivity (Wildman–Crippen MR) is 111 cm³/mol. The third-order valence-electron chi connectivity index (χ3n) is 5.07. The standard InChI is InChI=1S/C22H24N4O2/c1-28-18-11-9-17(10-12-18)15-23-26-21(16-25-13-5-2-6-14-25)24-20-8-4-3-7-19(20)22(26)27/h3-4,7-12,15H,2,5-6,13-14,16H2,1H3/b23-15+. The lowest BCUT2D eigenvalue weighted by molar-refractivity contribution is 0.213. The number of likely N-dealkylation sites (tertiary alicyclic amines) is 1. The first-order valence-corrected chi connectivity index (χ1v) is 9.66. The Morgan fingerprint density at radius 1 is 1.07 bits per heavy atom. The van der Waals surface area contributed by atoms with Crippen LogP contribution < -0.4 is 10.3 Å². The van der Waals surface area contributed by atoms with Gasteiger partial charge in [-0.25, -0.2) is 4.98 Å². The molecule has 0 unspecified atom stereocenters. The molecule has 0 spiro atoms. The predicted octanol–water partition coefficient (Wildman–Crippen LogP) is 3.27. The smallest absolute Gasteiger partial charge is 0.282 e. The van der Waals surface area contributed by atoms with Gasteiger partial charge in [0, 0.05) is 0 Å². The first kappa shape index (κ1) is 18.4. The number of hydrogen-bond donors (Lipinski definition) is 0. The number of fused-ring (bicyclic) bond motifs is 1. The second kappa shape index (κ2) is 8.35. The lowest BCUT2D eigenvalue weighted by atomic mass is 10.1. The van der Waals surface area contributed by atoms with E-state index in [-0.39, 0.29) is 5.56 Å². The van der Waals surface area contributed by atoms with Crippen LogP contribution in [0.15, 0.2) is 58.4 Å². The number of benzene rings is 2. The number of piperidine rings is 1.